The maximum atomic E-state index is 13.8. The molecule has 208 valence electrons. The maximum absolute atomic E-state index is 13.8. The van der Waals surface area contributed by atoms with E-state index in [1.165, 1.54) is 0 Å². The largest absolute Gasteiger partial charge is 0.497 e. The first-order valence-corrected chi connectivity index (χ1v) is 12.9. The highest BCUT2D eigenvalue weighted by Gasteiger charge is 2.35. The summed E-state index contributed by atoms with van der Waals surface area (Å²) in [5.41, 5.74) is 2.42. The van der Waals surface area contributed by atoms with Crippen LogP contribution in [0.5, 0.6) is 11.5 Å². The quantitative estimate of drug-likeness (QED) is 0.0501. The lowest BCUT2D eigenvalue weighted by Gasteiger charge is -2.37. The van der Waals surface area contributed by atoms with E-state index >= 15 is 0 Å². The average molecular weight is 552 g/mol. The van der Waals surface area contributed by atoms with Crippen molar-refractivity contribution in [2.45, 2.75) is 31.2 Å². The van der Waals surface area contributed by atoms with Crippen LogP contribution in [-0.2, 0) is 10.3 Å². The lowest BCUT2D eigenvalue weighted by atomic mass is 9.77. The molecule has 0 saturated carbocycles. The molecule has 4 rings (SSSR count). The molecule has 0 amide bonds. The third-order valence-electron chi connectivity index (χ3n) is 6.67. The Bertz CT molecular complexity index is 1350. The van der Waals surface area contributed by atoms with E-state index in [2.05, 4.69) is 34.3 Å². The molecule has 40 heavy (non-hydrogen) atoms. The van der Waals surface area contributed by atoms with Crippen LogP contribution >= 0.6 is 0 Å². The third kappa shape index (κ3) is 6.34. The standard InChI is InChI=1S/C32H29F4NO3/c1-39-25-18-16-24(17-19-25)32(22-11-5-2-6-12-22,23-13-7-3-8-14-23)37-20-10-4-9-15-28(38)40-31-29(35)26(33)21-27(34)30(31)36/h2-3,5-8,11-14,16-19,21,37H,4,9-10,15,20H2,1H3. The Hall–Kier alpha value is -4.17. The second-order valence-electron chi connectivity index (χ2n) is 9.22. The summed E-state index contributed by atoms with van der Waals surface area (Å²) in [4.78, 5) is 12.1. The van der Waals surface area contributed by atoms with Crippen LogP contribution in [0.2, 0.25) is 0 Å². The molecule has 0 atom stereocenters. The predicted molar refractivity (Wildman–Crippen MR) is 144 cm³/mol. The van der Waals surface area contributed by atoms with Crippen molar-refractivity contribution >= 4 is 5.97 Å². The van der Waals surface area contributed by atoms with Crippen molar-refractivity contribution in [1.29, 1.82) is 0 Å². The summed E-state index contributed by atoms with van der Waals surface area (Å²) in [5, 5.41) is 3.74. The number of ether oxygens (including phenoxy) is 2. The van der Waals surface area contributed by atoms with E-state index in [0.717, 1.165) is 22.4 Å². The fourth-order valence-electron chi connectivity index (χ4n) is 4.68. The van der Waals surface area contributed by atoms with Gasteiger partial charge in [0, 0.05) is 12.5 Å². The minimum Gasteiger partial charge on any atom is -0.497 e. The second-order valence-corrected chi connectivity index (χ2v) is 9.22. The van der Waals surface area contributed by atoms with Crippen molar-refractivity contribution in [1.82, 2.24) is 5.32 Å². The molecule has 0 aliphatic carbocycles. The number of rotatable bonds is 12. The average Bonchev–Trinajstić information content (AvgIpc) is 2.99. The number of nitrogens with one attached hydrogen (secondary N) is 1. The summed E-state index contributed by atoms with van der Waals surface area (Å²) < 4.78 is 64.3. The number of halogens is 4. The van der Waals surface area contributed by atoms with Gasteiger partial charge in [-0.2, -0.15) is 8.78 Å². The molecule has 0 radical (unpaired) electrons. The van der Waals surface area contributed by atoms with Gasteiger partial charge < -0.3 is 9.47 Å². The summed E-state index contributed by atoms with van der Waals surface area (Å²) in [7, 11) is 1.62. The Labute approximate surface area is 230 Å². The topological polar surface area (TPSA) is 47.6 Å². The first kappa shape index (κ1) is 28.8. The smallest absolute Gasteiger partial charge is 0.311 e. The molecule has 4 aromatic rings. The van der Waals surface area contributed by atoms with Crippen LogP contribution in [0.4, 0.5) is 17.6 Å². The molecular weight excluding hydrogens is 522 g/mol. The molecular formula is C32H29F4NO3. The van der Waals surface area contributed by atoms with Crippen molar-refractivity contribution in [3.63, 3.8) is 0 Å². The van der Waals surface area contributed by atoms with Crippen molar-refractivity contribution in [2.24, 2.45) is 0 Å². The highest BCUT2D eigenvalue weighted by Crippen LogP contribution is 2.37. The van der Waals surface area contributed by atoms with Gasteiger partial charge in [0.15, 0.2) is 11.6 Å². The minimum atomic E-state index is -1.74. The van der Waals surface area contributed by atoms with Gasteiger partial charge in [-0.25, -0.2) is 8.78 Å². The highest BCUT2D eigenvalue weighted by molar-refractivity contribution is 5.72. The van der Waals surface area contributed by atoms with E-state index in [1.807, 2.05) is 60.7 Å². The van der Waals surface area contributed by atoms with Crippen molar-refractivity contribution in [3.05, 3.63) is 131 Å². The molecule has 0 heterocycles. The number of carbonyl (C=O) groups excluding carboxylic acids is 1. The molecule has 0 unspecified atom stereocenters. The molecule has 0 bridgehead atoms. The monoisotopic (exact) mass is 551 g/mol. The fraction of sp³-hybridized carbons (Fsp3) is 0.219. The Morgan fingerprint density at radius 3 is 1.77 bits per heavy atom. The lowest BCUT2D eigenvalue weighted by molar-refractivity contribution is -0.135. The van der Waals surface area contributed by atoms with Gasteiger partial charge in [-0.1, -0.05) is 79.2 Å². The summed E-state index contributed by atoms with van der Waals surface area (Å²) in [6, 6.07) is 28.1. The van der Waals surface area contributed by atoms with Crippen LogP contribution in [0, 0.1) is 23.3 Å². The Morgan fingerprint density at radius 2 is 1.25 bits per heavy atom. The van der Waals surface area contributed by atoms with Crippen molar-refractivity contribution < 1.29 is 31.8 Å². The predicted octanol–water partition coefficient (Wildman–Crippen LogP) is 7.30. The normalized spacial score (nSPS) is 11.3. The number of methoxy groups -OCH3 is 1. The molecule has 0 fully saturated rings. The zero-order valence-electron chi connectivity index (χ0n) is 21.9. The van der Waals surface area contributed by atoms with Gasteiger partial charge in [0.05, 0.1) is 12.6 Å². The van der Waals surface area contributed by atoms with Crippen LogP contribution in [0.3, 0.4) is 0 Å². The van der Waals surface area contributed by atoms with E-state index in [1.54, 1.807) is 7.11 Å². The van der Waals surface area contributed by atoms with E-state index in [4.69, 9.17) is 4.74 Å². The van der Waals surface area contributed by atoms with E-state index in [0.29, 0.717) is 25.8 Å². The van der Waals surface area contributed by atoms with Crippen molar-refractivity contribution in [3.8, 4) is 11.5 Å². The zero-order chi connectivity index (χ0) is 28.5. The van der Waals surface area contributed by atoms with Crippen molar-refractivity contribution in [2.75, 3.05) is 13.7 Å². The lowest BCUT2D eigenvalue weighted by Crippen LogP contribution is -2.45. The van der Waals surface area contributed by atoms with Crippen LogP contribution in [-0.4, -0.2) is 19.6 Å². The Balaban J connectivity index is 1.45. The third-order valence-corrected chi connectivity index (χ3v) is 6.67. The number of carbonyl (C=O) groups is 1. The molecule has 0 spiro atoms. The molecule has 0 aromatic heterocycles. The fourth-order valence-corrected chi connectivity index (χ4v) is 4.68. The number of hydrogen-bond acceptors (Lipinski definition) is 4. The molecule has 8 heteroatoms. The van der Waals surface area contributed by atoms with Crippen LogP contribution in [0.25, 0.3) is 0 Å². The Morgan fingerprint density at radius 1 is 0.725 bits per heavy atom. The molecule has 4 aromatic carbocycles. The van der Waals surface area contributed by atoms with E-state index < -0.39 is 40.5 Å². The van der Waals surface area contributed by atoms with Gasteiger partial charge in [0.2, 0.25) is 17.4 Å². The van der Waals surface area contributed by atoms with Gasteiger partial charge in [0.1, 0.15) is 5.75 Å². The number of hydrogen-bond donors (Lipinski definition) is 1. The summed E-state index contributed by atoms with van der Waals surface area (Å²) in [6.45, 7) is 0.573. The summed E-state index contributed by atoms with van der Waals surface area (Å²) >= 11 is 0. The van der Waals surface area contributed by atoms with Gasteiger partial charge in [-0.05, 0) is 48.2 Å². The van der Waals surface area contributed by atoms with Gasteiger partial charge in [-0.15, -0.1) is 0 Å². The SMILES string of the molecule is COc1ccc(C(NCCCCCC(=O)Oc2c(F)c(F)cc(F)c2F)(c2ccccc2)c2ccccc2)cc1. The first-order valence-electron chi connectivity index (χ1n) is 12.9. The molecule has 4 nitrogen and oxygen atoms in total. The van der Waals surface area contributed by atoms with Crippen LogP contribution < -0.4 is 14.8 Å². The molecule has 0 aliphatic rings. The number of esters is 1. The maximum Gasteiger partial charge on any atom is 0.311 e. The summed E-state index contributed by atoms with van der Waals surface area (Å²) in [6.07, 6.45) is 1.45. The zero-order valence-corrected chi connectivity index (χ0v) is 21.9. The van der Waals surface area contributed by atoms with Gasteiger partial charge in [0.25, 0.3) is 0 Å². The first-order chi connectivity index (χ1) is 19.4. The van der Waals surface area contributed by atoms with E-state index in [-0.39, 0.29) is 12.5 Å². The summed E-state index contributed by atoms with van der Waals surface area (Å²) in [5.74, 6) is -8.35. The van der Waals surface area contributed by atoms with Crippen LogP contribution in [0.15, 0.2) is 91.0 Å². The molecule has 0 aliphatic heterocycles. The minimum absolute atomic E-state index is 0.0614. The highest BCUT2D eigenvalue weighted by atomic mass is 19.2. The second kappa shape index (κ2) is 13.3. The number of unbranched alkanes of at least 4 members (excludes halogenated alkanes) is 2. The van der Waals surface area contributed by atoms with E-state index in [9.17, 15) is 22.4 Å². The Kier molecular flexibility index (Phi) is 9.56. The number of benzene rings is 4. The molecule has 1 N–H and O–H groups in total. The van der Waals surface area contributed by atoms with Gasteiger partial charge >= 0.3 is 5.97 Å². The van der Waals surface area contributed by atoms with Gasteiger partial charge in [-0.3, -0.25) is 10.1 Å². The molecule has 0 saturated heterocycles. The van der Waals surface area contributed by atoms with Crippen LogP contribution in [0.1, 0.15) is 42.4 Å².